The van der Waals surface area contributed by atoms with E-state index < -0.39 is 0 Å². The van der Waals surface area contributed by atoms with E-state index in [4.69, 9.17) is 16.2 Å². The van der Waals surface area contributed by atoms with Crippen molar-refractivity contribution < 1.29 is 9.84 Å². The van der Waals surface area contributed by atoms with Gasteiger partial charge in [0.1, 0.15) is 5.75 Å². The summed E-state index contributed by atoms with van der Waals surface area (Å²) in [5, 5.41) is 12.5. The van der Waals surface area contributed by atoms with Crippen LogP contribution in [0.5, 0.6) is 5.75 Å². The molecule has 5 rings (SSSR count). The van der Waals surface area contributed by atoms with Crippen LogP contribution in [0.2, 0.25) is 0 Å². The zero-order chi connectivity index (χ0) is 24.4. The summed E-state index contributed by atoms with van der Waals surface area (Å²) in [6.07, 6.45) is 7.61. The Balaban J connectivity index is 1.58. The van der Waals surface area contributed by atoms with Crippen LogP contribution in [0, 0.1) is 11.8 Å². The number of allylic oxidation sites excluding steroid dienone is 3. The van der Waals surface area contributed by atoms with Crippen molar-refractivity contribution in [3.8, 4) is 5.75 Å². The fourth-order valence-corrected chi connectivity index (χ4v) is 5.23. The second kappa shape index (κ2) is 9.80. The molecule has 3 aromatic rings. The van der Waals surface area contributed by atoms with Crippen LogP contribution in [0.3, 0.4) is 0 Å². The lowest BCUT2D eigenvalue weighted by atomic mass is 9.76. The molecule has 5 heteroatoms. The molecular formula is C30H31N3O2. The minimum absolute atomic E-state index is 0.0693. The van der Waals surface area contributed by atoms with Gasteiger partial charge >= 0.3 is 0 Å². The van der Waals surface area contributed by atoms with Crippen molar-refractivity contribution in [3.63, 3.8) is 0 Å². The van der Waals surface area contributed by atoms with Crippen LogP contribution in [0.1, 0.15) is 30.0 Å². The summed E-state index contributed by atoms with van der Waals surface area (Å²) in [6.45, 7) is 2.78. The van der Waals surface area contributed by atoms with Gasteiger partial charge in [0, 0.05) is 29.7 Å². The highest BCUT2D eigenvalue weighted by molar-refractivity contribution is 6.02. The van der Waals surface area contributed by atoms with E-state index in [1.54, 1.807) is 0 Å². The second-order valence-electron chi connectivity index (χ2n) is 9.31. The summed E-state index contributed by atoms with van der Waals surface area (Å²) in [7, 11) is 0. The molecule has 0 aliphatic heterocycles. The molecule has 0 radical (unpaired) electrons. The Kier molecular flexibility index (Phi) is 6.43. The Morgan fingerprint density at radius 3 is 2.66 bits per heavy atom. The van der Waals surface area contributed by atoms with Gasteiger partial charge in [0.15, 0.2) is 5.96 Å². The van der Waals surface area contributed by atoms with Crippen LogP contribution < -0.4 is 16.2 Å². The minimum atomic E-state index is 0.0693. The summed E-state index contributed by atoms with van der Waals surface area (Å²) < 4.78 is 6.54. The normalized spacial score (nSPS) is 19.3. The largest absolute Gasteiger partial charge is 0.492 e. The molecular weight excluding hydrogens is 434 g/mol. The maximum absolute atomic E-state index is 10.2. The maximum Gasteiger partial charge on any atom is 0.190 e. The molecule has 0 saturated heterocycles. The van der Waals surface area contributed by atoms with Gasteiger partial charge in [-0.2, -0.15) is 0 Å². The number of hydrogen-bond donors (Lipinski definition) is 3. The van der Waals surface area contributed by atoms with E-state index in [0.29, 0.717) is 13.0 Å². The third kappa shape index (κ3) is 4.60. The van der Waals surface area contributed by atoms with Gasteiger partial charge < -0.3 is 21.3 Å². The SMILES string of the molecule is CC1=C(c2c(OCC3C=CC=C(N=C(N)N)C3)ccc3ccccc23)c2ccccc2CC1CO. The molecule has 2 unspecified atom stereocenters. The quantitative estimate of drug-likeness (QED) is 0.355. The molecule has 2 aliphatic rings. The highest BCUT2D eigenvalue weighted by Gasteiger charge is 2.28. The molecule has 0 aromatic heterocycles. The van der Waals surface area contributed by atoms with E-state index in [-0.39, 0.29) is 24.4 Å². The second-order valence-corrected chi connectivity index (χ2v) is 9.31. The van der Waals surface area contributed by atoms with Crippen molar-refractivity contribution in [1.29, 1.82) is 0 Å². The van der Waals surface area contributed by atoms with Gasteiger partial charge in [-0.1, -0.05) is 72.3 Å². The Labute approximate surface area is 206 Å². The van der Waals surface area contributed by atoms with E-state index in [1.807, 2.05) is 12.2 Å². The predicted octanol–water partition coefficient (Wildman–Crippen LogP) is 4.94. The standard InChI is InChI=1S/C30H31N3O2/c1-19-23(17-34)16-22-9-3-5-12-26(22)28(19)29-25-11-4-2-8-21(25)13-14-27(29)35-18-20-7-6-10-24(15-20)33-30(31)32/h2-14,20,23,34H,15-18H2,1H3,(H4,31,32,33). The first kappa shape index (κ1) is 22.9. The zero-order valence-corrected chi connectivity index (χ0v) is 19.9. The lowest BCUT2D eigenvalue weighted by Crippen LogP contribution is -2.23. The number of fused-ring (bicyclic) bond motifs is 2. The highest BCUT2D eigenvalue weighted by atomic mass is 16.5. The van der Waals surface area contributed by atoms with Crippen molar-refractivity contribution in [2.45, 2.75) is 19.8 Å². The first-order valence-corrected chi connectivity index (χ1v) is 12.1. The van der Waals surface area contributed by atoms with Gasteiger partial charge in [-0.15, -0.1) is 0 Å². The van der Waals surface area contributed by atoms with Crippen LogP contribution >= 0.6 is 0 Å². The van der Waals surface area contributed by atoms with Gasteiger partial charge in [0.05, 0.1) is 6.61 Å². The number of aliphatic imine (C=N–C) groups is 1. The molecule has 0 fully saturated rings. The summed E-state index contributed by atoms with van der Waals surface area (Å²) in [5.74, 6) is 1.16. The summed E-state index contributed by atoms with van der Waals surface area (Å²) in [4.78, 5) is 4.22. The van der Waals surface area contributed by atoms with Gasteiger partial charge in [-0.3, -0.25) is 0 Å². The lowest BCUT2D eigenvalue weighted by Gasteiger charge is -2.30. The number of hydrogen-bond acceptors (Lipinski definition) is 3. The third-order valence-electron chi connectivity index (χ3n) is 6.99. The predicted molar refractivity (Wildman–Crippen MR) is 143 cm³/mol. The van der Waals surface area contributed by atoms with Gasteiger partial charge in [0.2, 0.25) is 0 Å². The smallest absolute Gasteiger partial charge is 0.190 e. The van der Waals surface area contributed by atoms with Crippen LogP contribution in [-0.2, 0) is 6.42 Å². The van der Waals surface area contributed by atoms with E-state index in [9.17, 15) is 5.11 Å². The first-order chi connectivity index (χ1) is 17.0. The number of nitrogens with two attached hydrogens (primary N) is 2. The number of rotatable bonds is 6. The Morgan fingerprint density at radius 1 is 1.03 bits per heavy atom. The highest BCUT2D eigenvalue weighted by Crippen LogP contribution is 2.44. The zero-order valence-electron chi connectivity index (χ0n) is 19.9. The number of ether oxygens (including phenoxy) is 1. The number of aliphatic hydroxyl groups excluding tert-OH is 1. The van der Waals surface area contributed by atoms with E-state index in [1.165, 1.54) is 16.7 Å². The number of nitrogens with zero attached hydrogens (tertiary/aromatic N) is 1. The van der Waals surface area contributed by atoms with Crippen molar-refractivity contribution in [2.75, 3.05) is 13.2 Å². The molecule has 0 saturated carbocycles. The maximum atomic E-state index is 10.2. The van der Waals surface area contributed by atoms with E-state index in [2.05, 4.69) is 78.7 Å². The van der Waals surface area contributed by atoms with E-state index >= 15 is 0 Å². The Morgan fingerprint density at radius 2 is 1.83 bits per heavy atom. The topological polar surface area (TPSA) is 93.9 Å². The van der Waals surface area contributed by atoms with Crippen LogP contribution in [0.25, 0.3) is 16.3 Å². The van der Waals surface area contributed by atoms with Crippen molar-refractivity contribution in [3.05, 3.63) is 107 Å². The van der Waals surface area contributed by atoms with Crippen LogP contribution in [-0.4, -0.2) is 24.3 Å². The molecule has 0 heterocycles. The number of guanidine groups is 1. The summed E-state index contributed by atoms with van der Waals surface area (Å²) in [5.41, 5.74) is 17.9. The molecule has 178 valence electrons. The monoisotopic (exact) mass is 465 g/mol. The van der Waals surface area contributed by atoms with Crippen LogP contribution in [0.15, 0.2) is 95.2 Å². The Bertz CT molecular complexity index is 1380. The van der Waals surface area contributed by atoms with Crippen LogP contribution in [0.4, 0.5) is 0 Å². The van der Waals surface area contributed by atoms with Crippen molar-refractivity contribution >= 4 is 22.3 Å². The average molecular weight is 466 g/mol. The summed E-state index contributed by atoms with van der Waals surface area (Å²) in [6, 6.07) is 21.1. The molecule has 5 N–H and O–H groups in total. The minimum Gasteiger partial charge on any atom is -0.492 e. The molecule has 35 heavy (non-hydrogen) atoms. The molecule has 5 nitrogen and oxygen atoms in total. The average Bonchev–Trinajstić information content (AvgIpc) is 2.87. The summed E-state index contributed by atoms with van der Waals surface area (Å²) >= 11 is 0. The molecule has 0 spiro atoms. The van der Waals surface area contributed by atoms with Crippen molar-refractivity contribution in [1.82, 2.24) is 0 Å². The van der Waals surface area contributed by atoms with Gasteiger partial charge in [-0.05, 0) is 59.4 Å². The van der Waals surface area contributed by atoms with Gasteiger partial charge in [0.25, 0.3) is 0 Å². The third-order valence-corrected chi connectivity index (χ3v) is 6.99. The molecule has 2 aliphatic carbocycles. The molecule has 0 amide bonds. The molecule has 3 aromatic carbocycles. The molecule has 2 atom stereocenters. The van der Waals surface area contributed by atoms with Gasteiger partial charge in [-0.25, -0.2) is 4.99 Å². The Hall–Kier alpha value is -3.83. The number of aliphatic hydroxyl groups is 1. The number of benzene rings is 3. The van der Waals surface area contributed by atoms with E-state index in [0.717, 1.165) is 39.8 Å². The van der Waals surface area contributed by atoms with Crippen molar-refractivity contribution in [2.24, 2.45) is 28.3 Å². The molecule has 0 bridgehead atoms. The fraction of sp³-hybridized carbons (Fsp3) is 0.233. The fourth-order valence-electron chi connectivity index (χ4n) is 5.23. The first-order valence-electron chi connectivity index (χ1n) is 12.1. The lowest BCUT2D eigenvalue weighted by molar-refractivity contribution is 0.245.